The molecule has 1 atom stereocenters. The lowest BCUT2D eigenvalue weighted by Crippen LogP contribution is -2.26. The average Bonchev–Trinajstić information content (AvgIpc) is 2.34. The fraction of sp³-hybridized carbons (Fsp3) is 0.300. The molecule has 92 valence electrons. The van der Waals surface area contributed by atoms with Gasteiger partial charge in [0.05, 0.1) is 7.11 Å². The van der Waals surface area contributed by atoms with Gasteiger partial charge < -0.3 is 10.1 Å². The molecule has 1 rings (SSSR count). The number of benzene rings is 1. The molecule has 0 bridgehead atoms. The highest BCUT2D eigenvalue weighted by Gasteiger charge is 2.15. The summed E-state index contributed by atoms with van der Waals surface area (Å²) in [5, 5.41) is 2.55. The lowest BCUT2D eigenvalue weighted by Gasteiger charge is -2.04. The molecular weight excluding hydrogens is 245 g/mol. The van der Waals surface area contributed by atoms with Crippen molar-refractivity contribution in [1.29, 1.82) is 0 Å². The van der Waals surface area contributed by atoms with Crippen molar-refractivity contribution in [1.82, 2.24) is 5.32 Å². The van der Waals surface area contributed by atoms with E-state index in [4.69, 9.17) is 9.63 Å². The van der Waals surface area contributed by atoms with Gasteiger partial charge in [0.1, 0.15) is 5.75 Å². The normalized spacial score (nSPS) is 10.8. The summed E-state index contributed by atoms with van der Waals surface area (Å²) < 4.78 is 19.4. The largest absolute Gasteiger partial charge is 0.695 e. The Morgan fingerprint density at radius 3 is 2.59 bits per heavy atom. The lowest BCUT2D eigenvalue weighted by molar-refractivity contribution is -0.123. The molecule has 1 aromatic carbocycles. The van der Waals surface area contributed by atoms with Crippen LogP contribution in [-0.2, 0) is 20.4 Å². The van der Waals surface area contributed by atoms with E-state index in [2.05, 4.69) is 9.84 Å². The van der Waals surface area contributed by atoms with Gasteiger partial charge in [-0.1, -0.05) is 12.1 Å². The Balaban J connectivity index is 2.34. The second-order valence-electron chi connectivity index (χ2n) is 3.14. The first kappa shape index (κ1) is 13.6. The Kier molecular flexibility index (Phi) is 5.56. The molecule has 0 aliphatic heterocycles. The Morgan fingerprint density at radius 1 is 1.41 bits per heavy atom. The Hall–Kier alpha value is -1.49. The van der Waals surface area contributed by atoms with E-state index >= 15 is 0 Å². The number of carbonyl (C=O) groups is 1. The number of methoxy groups -OCH3 is 1. The van der Waals surface area contributed by atoms with Crippen molar-refractivity contribution in [2.45, 2.75) is 6.54 Å². The molecule has 0 saturated carbocycles. The molecule has 1 amide bonds. The van der Waals surface area contributed by atoms with Crippen molar-refractivity contribution in [3.63, 3.8) is 0 Å². The smallest absolute Gasteiger partial charge is 0.497 e. The molecular formula is C10H13NO5P+. The quantitative estimate of drug-likeness (QED) is 0.743. The van der Waals surface area contributed by atoms with E-state index in [1.165, 1.54) is 0 Å². The predicted octanol–water partition coefficient (Wildman–Crippen LogP) is 0.978. The van der Waals surface area contributed by atoms with Crippen molar-refractivity contribution >= 4 is 14.2 Å². The topological polar surface area (TPSA) is 84.9 Å². The molecule has 0 fully saturated rings. The Labute approximate surface area is 99.5 Å². The van der Waals surface area contributed by atoms with E-state index < -0.39 is 20.8 Å². The molecule has 0 spiro atoms. The molecule has 1 aromatic rings. The number of amides is 1. The third-order valence-corrected chi connectivity index (χ3v) is 2.30. The lowest BCUT2D eigenvalue weighted by atomic mass is 10.2. The van der Waals surface area contributed by atoms with Crippen molar-refractivity contribution in [2.75, 3.05) is 13.7 Å². The van der Waals surface area contributed by atoms with Crippen molar-refractivity contribution < 1.29 is 23.5 Å². The second kappa shape index (κ2) is 6.96. The fourth-order valence-corrected chi connectivity index (χ4v) is 1.34. The van der Waals surface area contributed by atoms with Crippen LogP contribution >= 0.6 is 8.25 Å². The SMILES string of the molecule is COc1ccc(CNC(=O)CO[P+](=O)O)cc1. The van der Waals surface area contributed by atoms with Crippen LogP contribution in [0.5, 0.6) is 5.75 Å². The number of nitrogens with one attached hydrogen (secondary N) is 1. The van der Waals surface area contributed by atoms with E-state index in [0.717, 1.165) is 11.3 Å². The molecule has 0 aliphatic rings. The third kappa shape index (κ3) is 5.40. The molecule has 7 heteroatoms. The summed E-state index contributed by atoms with van der Waals surface area (Å²) in [5.74, 6) is 0.291. The summed E-state index contributed by atoms with van der Waals surface area (Å²) in [5.41, 5.74) is 0.896. The maximum absolute atomic E-state index is 11.1. The molecule has 0 aliphatic carbocycles. The average molecular weight is 258 g/mol. The number of carbonyl (C=O) groups excluding carboxylic acids is 1. The van der Waals surface area contributed by atoms with Crippen molar-refractivity contribution in [3.8, 4) is 5.75 Å². The van der Waals surface area contributed by atoms with Gasteiger partial charge in [-0.25, -0.2) is 0 Å². The summed E-state index contributed by atoms with van der Waals surface area (Å²) in [4.78, 5) is 19.5. The standard InChI is InChI=1S/C10H12NO5P/c1-15-9-4-2-8(3-5-9)6-11-10(12)7-16-17(13)14/h2-5H,6-7H2,1H3,(H-,11,12,13,14)/p+1. The molecule has 6 nitrogen and oxygen atoms in total. The highest BCUT2D eigenvalue weighted by molar-refractivity contribution is 7.32. The van der Waals surface area contributed by atoms with E-state index in [-0.39, 0.29) is 0 Å². The first-order valence-corrected chi connectivity index (χ1v) is 5.93. The number of rotatable bonds is 6. The fourth-order valence-electron chi connectivity index (χ4n) is 1.11. The molecule has 2 N–H and O–H groups in total. The summed E-state index contributed by atoms with van der Waals surface area (Å²) >= 11 is 0. The van der Waals surface area contributed by atoms with Crippen LogP contribution in [0.3, 0.4) is 0 Å². The van der Waals surface area contributed by atoms with Gasteiger partial charge in [0.15, 0.2) is 6.61 Å². The maximum atomic E-state index is 11.1. The zero-order valence-corrected chi connectivity index (χ0v) is 10.1. The van der Waals surface area contributed by atoms with Gasteiger partial charge in [-0.3, -0.25) is 4.79 Å². The van der Waals surface area contributed by atoms with Crippen LogP contribution in [0.1, 0.15) is 5.56 Å². The second-order valence-corrected chi connectivity index (χ2v) is 3.87. The minimum absolute atomic E-state index is 0.328. The first-order chi connectivity index (χ1) is 8.11. The molecule has 0 aromatic heterocycles. The van der Waals surface area contributed by atoms with Crippen LogP contribution in [0, 0.1) is 0 Å². The van der Waals surface area contributed by atoms with Gasteiger partial charge in [-0.15, -0.1) is 9.42 Å². The van der Waals surface area contributed by atoms with E-state index in [0.29, 0.717) is 6.54 Å². The first-order valence-electron chi connectivity index (χ1n) is 4.80. The Bertz CT molecular complexity index is 392. The highest BCUT2D eigenvalue weighted by Crippen LogP contribution is 2.13. The number of ether oxygens (including phenoxy) is 1. The zero-order valence-electron chi connectivity index (χ0n) is 9.25. The van der Waals surface area contributed by atoms with Crippen LogP contribution in [0.25, 0.3) is 0 Å². The summed E-state index contributed by atoms with van der Waals surface area (Å²) in [6, 6.07) is 7.18. The molecule has 17 heavy (non-hydrogen) atoms. The van der Waals surface area contributed by atoms with E-state index in [1.807, 2.05) is 12.1 Å². The zero-order chi connectivity index (χ0) is 12.7. The van der Waals surface area contributed by atoms with Crippen LogP contribution in [-0.4, -0.2) is 24.5 Å². The highest BCUT2D eigenvalue weighted by atomic mass is 31.1. The van der Waals surface area contributed by atoms with Crippen molar-refractivity contribution in [3.05, 3.63) is 29.8 Å². The Morgan fingerprint density at radius 2 is 2.06 bits per heavy atom. The van der Waals surface area contributed by atoms with Crippen LogP contribution in [0.15, 0.2) is 24.3 Å². The van der Waals surface area contributed by atoms with Crippen LogP contribution in [0.4, 0.5) is 0 Å². The summed E-state index contributed by atoms with van der Waals surface area (Å²) in [6.45, 7) is -0.101. The predicted molar refractivity (Wildman–Crippen MR) is 60.6 cm³/mol. The van der Waals surface area contributed by atoms with Crippen LogP contribution in [0.2, 0.25) is 0 Å². The van der Waals surface area contributed by atoms with E-state index in [9.17, 15) is 9.36 Å². The number of hydrogen-bond acceptors (Lipinski definition) is 4. The molecule has 0 saturated heterocycles. The minimum Gasteiger partial charge on any atom is -0.497 e. The van der Waals surface area contributed by atoms with Gasteiger partial charge in [0, 0.05) is 11.1 Å². The molecule has 0 heterocycles. The van der Waals surface area contributed by atoms with E-state index in [1.54, 1.807) is 19.2 Å². The molecule has 0 radical (unpaired) electrons. The minimum atomic E-state index is -2.73. The maximum Gasteiger partial charge on any atom is 0.695 e. The summed E-state index contributed by atoms with van der Waals surface area (Å²) in [7, 11) is -1.16. The monoisotopic (exact) mass is 258 g/mol. The van der Waals surface area contributed by atoms with Crippen LogP contribution < -0.4 is 10.1 Å². The van der Waals surface area contributed by atoms with Gasteiger partial charge in [0.25, 0.3) is 5.91 Å². The van der Waals surface area contributed by atoms with Gasteiger partial charge in [-0.2, -0.15) is 0 Å². The summed E-state index contributed by atoms with van der Waals surface area (Å²) in [6.07, 6.45) is 0. The van der Waals surface area contributed by atoms with Gasteiger partial charge >= 0.3 is 8.25 Å². The van der Waals surface area contributed by atoms with Crippen molar-refractivity contribution in [2.24, 2.45) is 0 Å². The van der Waals surface area contributed by atoms with Gasteiger partial charge in [0.2, 0.25) is 0 Å². The number of hydrogen-bond donors (Lipinski definition) is 2. The third-order valence-electron chi connectivity index (χ3n) is 1.95. The van der Waals surface area contributed by atoms with Gasteiger partial charge in [-0.05, 0) is 17.7 Å². The molecule has 1 unspecified atom stereocenters.